The summed E-state index contributed by atoms with van der Waals surface area (Å²) < 4.78 is 13.9. The minimum atomic E-state index is -1.12. The Labute approximate surface area is 452 Å². The van der Waals surface area contributed by atoms with E-state index in [2.05, 4.69) is 43.3 Å². The summed E-state index contributed by atoms with van der Waals surface area (Å²) in [6.07, 6.45) is 3.01. The van der Waals surface area contributed by atoms with Crippen LogP contribution in [0.2, 0.25) is 0 Å². The van der Waals surface area contributed by atoms with Crippen molar-refractivity contribution in [1.29, 1.82) is 0 Å². The Hall–Kier alpha value is -6.98. The van der Waals surface area contributed by atoms with Crippen molar-refractivity contribution >= 4 is 47.0 Å². The largest absolute Gasteiger partial charge is 0.347 e. The van der Waals surface area contributed by atoms with Gasteiger partial charge in [0.15, 0.2) is 0 Å². The molecule has 77 heavy (non-hydrogen) atoms. The van der Waals surface area contributed by atoms with E-state index in [4.69, 9.17) is 0 Å². The normalized spacial score (nSPS) is 20.2. The van der Waals surface area contributed by atoms with Crippen LogP contribution in [0, 0.1) is 16.6 Å². The molecule has 1 aliphatic carbocycles. The van der Waals surface area contributed by atoms with Gasteiger partial charge in [-0.3, -0.25) is 33.6 Å². The molecule has 412 valence electrons. The maximum atomic E-state index is 15.2. The maximum absolute atomic E-state index is 15.2. The first-order chi connectivity index (χ1) is 36.5. The van der Waals surface area contributed by atoms with E-state index in [0.717, 1.165) is 47.1 Å². The molecule has 9 atom stereocenters. The van der Waals surface area contributed by atoms with Gasteiger partial charge in [0.1, 0.15) is 36.0 Å². The topological polar surface area (TPSA) is 210 Å². The average molecular weight is 1060 g/mol. The lowest BCUT2D eigenvalue weighted by Crippen LogP contribution is -2.62. The molecule has 7 rings (SSSR count). The smallest absolute Gasteiger partial charge is 0.247 e. The molecule has 0 unspecified atom stereocenters. The van der Waals surface area contributed by atoms with Crippen molar-refractivity contribution in [1.82, 2.24) is 41.7 Å². The summed E-state index contributed by atoms with van der Waals surface area (Å²) in [7, 11) is 3.31. The monoisotopic (exact) mass is 1060 g/mol. The Morgan fingerprint density at radius 1 is 0.649 bits per heavy atom. The van der Waals surface area contributed by atoms with Gasteiger partial charge in [-0.05, 0) is 122 Å². The number of nitrogens with one attached hydrogen (secondary N) is 7. The van der Waals surface area contributed by atoms with Crippen LogP contribution in [0.15, 0.2) is 97.1 Å². The zero-order valence-corrected chi connectivity index (χ0v) is 46.2. The van der Waals surface area contributed by atoms with Crippen molar-refractivity contribution < 1.29 is 38.0 Å². The van der Waals surface area contributed by atoms with Gasteiger partial charge in [0.2, 0.25) is 41.4 Å². The number of hydrogen-bond donors (Lipinski definition) is 7. The van der Waals surface area contributed by atoms with E-state index in [9.17, 15) is 28.4 Å². The van der Waals surface area contributed by atoms with Crippen molar-refractivity contribution in [2.24, 2.45) is 10.8 Å². The van der Waals surface area contributed by atoms with Gasteiger partial charge in [-0.1, -0.05) is 114 Å². The van der Waals surface area contributed by atoms with Crippen LogP contribution in [0.5, 0.6) is 0 Å². The van der Waals surface area contributed by atoms with Crippen LogP contribution in [0.3, 0.4) is 0 Å². The lowest BCUT2D eigenvalue weighted by atomic mass is 9.83. The molecule has 7 amide bonds. The lowest BCUT2D eigenvalue weighted by molar-refractivity contribution is -0.147. The number of amides is 7. The van der Waals surface area contributed by atoms with Crippen LogP contribution >= 0.6 is 0 Å². The number of nitrogens with zero attached hydrogens (tertiary/aromatic N) is 2. The van der Waals surface area contributed by atoms with Gasteiger partial charge >= 0.3 is 0 Å². The Morgan fingerprint density at radius 3 is 1.86 bits per heavy atom. The zero-order valence-electron chi connectivity index (χ0n) is 46.2. The molecule has 0 spiro atoms. The lowest BCUT2D eigenvalue weighted by Gasteiger charge is -2.42. The Kier molecular flexibility index (Phi) is 18.4. The highest BCUT2D eigenvalue weighted by Crippen LogP contribution is 2.38. The zero-order chi connectivity index (χ0) is 55.9. The van der Waals surface area contributed by atoms with E-state index >= 15 is 9.59 Å². The molecule has 0 radical (unpaired) electrons. The third-order valence-corrected chi connectivity index (χ3v) is 15.5. The highest BCUT2D eigenvalue weighted by Gasteiger charge is 2.47. The van der Waals surface area contributed by atoms with E-state index in [1.54, 1.807) is 32.8 Å². The van der Waals surface area contributed by atoms with E-state index in [0.29, 0.717) is 5.69 Å². The number of halogens is 1. The molecule has 0 aromatic heterocycles. The van der Waals surface area contributed by atoms with Crippen molar-refractivity contribution in [3.63, 3.8) is 0 Å². The highest BCUT2D eigenvalue weighted by atomic mass is 19.1. The van der Waals surface area contributed by atoms with Crippen molar-refractivity contribution in [3.8, 4) is 0 Å². The number of likely N-dealkylation sites (N-methyl/N-ethyl adjacent to an activating group) is 2. The molecule has 17 heteroatoms. The summed E-state index contributed by atoms with van der Waals surface area (Å²) in [5.41, 5.74) is 4.20. The molecule has 16 nitrogen and oxygen atoms in total. The Morgan fingerprint density at radius 2 is 1.25 bits per heavy atom. The summed E-state index contributed by atoms with van der Waals surface area (Å²) >= 11 is 0. The Balaban J connectivity index is 1.24. The number of benzene rings is 4. The second-order valence-corrected chi connectivity index (χ2v) is 23.2. The molecule has 3 aliphatic rings. The van der Waals surface area contributed by atoms with E-state index < -0.39 is 94.4 Å². The number of fused-ring (bicyclic) bond motifs is 2. The average Bonchev–Trinajstić information content (AvgIpc) is 3.86. The van der Waals surface area contributed by atoms with Gasteiger partial charge < -0.3 is 47.0 Å². The van der Waals surface area contributed by atoms with Crippen LogP contribution in [-0.4, -0.2) is 114 Å². The molecule has 7 N–H and O–H groups in total. The van der Waals surface area contributed by atoms with Crippen LogP contribution in [-0.2, 0) is 59.4 Å². The molecular weight excluding hydrogens is 978 g/mol. The number of likely N-dealkylation sites (tertiary alicyclic amines) is 1. The van der Waals surface area contributed by atoms with E-state index in [1.165, 1.54) is 34.7 Å². The summed E-state index contributed by atoms with van der Waals surface area (Å²) in [5, 5.41) is 20.9. The molecule has 4 aromatic carbocycles. The first kappa shape index (κ1) is 57.7. The molecule has 0 saturated carbocycles. The molecule has 2 heterocycles. The first-order valence-corrected chi connectivity index (χ1v) is 26.9. The minimum Gasteiger partial charge on any atom is -0.347 e. The highest BCUT2D eigenvalue weighted by molar-refractivity contribution is 6.00. The van der Waals surface area contributed by atoms with E-state index in [-0.39, 0.29) is 50.2 Å². The number of hydrogen-bond acceptors (Lipinski definition) is 9. The molecular formula is C60H78FN9O7. The fourth-order valence-electron chi connectivity index (χ4n) is 10.6. The quantitative estimate of drug-likeness (QED) is 0.0701. The number of anilines is 1. The second kappa shape index (κ2) is 24.6. The van der Waals surface area contributed by atoms with E-state index in [1.807, 2.05) is 108 Å². The fourth-order valence-corrected chi connectivity index (χ4v) is 10.6. The van der Waals surface area contributed by atoms with Gasteiger partial charge in [0, 0.05) is 37.5 Å². The van der Waals surface area contributed by atoms with Crippen LogP contribution < -0.4 is 37.2 Å². The van der Waals surface area contributed by atoms with Gasteiger partial charge in [0.25, 0.3) is 0 Å². The number of carbonyl (C=O) groups is 7. The summed E-state index contributed by atoms with van der Waals surface area (Å²) in [6.45, 7) is 14.7. The first-order valence-electron chi connectivity index (χ1n) is 26.9. The number of rotatable bonds is 17. The molecule has 1 fully saturated rings. The predicted octanol–water partition coefficient (Wildman–Crippen LogP) is 5.60. The number of aryl methyl sites for hydroxylation is 1. The Bertz CT molecular complexity index is 2800. The standard InChI is InChI=1S/C60H78FN9O7/c1-35(62-9)52(71)67-50(59(3,4)5)57(76)69-33-41-30-39(23-24-40(41)31-48(69)55(74)65-46-22-16-20-38-19-14-15-21-45(38)46)42-32-49(70(34-42)58(77)51(60(6,7)8)68-53(72)36(2)63-10)56(75)66-47(29-37-17-12-11-13-18-37)54(73)64-44-27-25-43(61)26-28-44/h11-15,17-19,21,23-28,30,35-36,42,46-51,62-63H,16,20,22,29,31-34H2,1-10H3,(H,64,73)(H,65,74)(H,66,75)(H,67,71)(H,68,72)/t35-,36-,42+,46+,47-,48-,49-,50+,51+/m0/s1. The third kappa shape index (κ3) is 14.0. The van der Waals surface area contributed by atoms with Crippen LogP contribution in [0.4, 0.5) is 10.1 Å². The molecule has 0 bridgehead atoms. The van der Waals surface area contributed by atoms with Crippen molar-refractivity contribution in [3.05, 3.63) is 136 Å². The van der Waals surface area contributed by atoms with Gasteiger partial charge in [0.05, 0.1) is 18.1 Å². The second-order valence-electron chi connectivity index (χ2n) is 23.2. The molecule has 2 aliphatic heterocycles. The summed E-state index contributed by atoms with van der Waals surface area (Å²) in [5.74, 6) is -3.96. The minimum absolute atomic E-state index is 0.0385. The maximum Gasteiger partial charge on any atom is 0.247 e. The molecule has 1 saturated heterocycles. The van der Waals surface area contributed by atoms with Crippen LogP contribution in [0.25, 0.3) is 0 Å². The van der Waals surface area contributed by atoms with Crippen molar-refractivity contribution in [2.75, 3.05) is 26.0 Å². The van der Waals surface area contributed by atoms with Crippen molar-refractivity contribution in [2.45, 2.75) is 155 Å². The van der Waals surface area contributed by atoms with Gasteiger partial charge in [-0.25, -0.2) is 4.39 Å². The third-order valence-electron chi connectivity index (χ3n) is 15.5. The SMILES string of the molecule is CN[C@@H](C)C(=O)N[C@H](C(=O)N1C[C@H](c2ccc3c(c2)CN(C(=O)[C@@H](NC(=O)[C@H](C)NC)C(C)(C)C)[C@H](C(=O)N[C@@H]2CCCc4ccccc42)C3)C[C@H]1C(=O)N[C@@H](Cc1ccccc1)C(=O)Nc1ccc(F)cc1)C(C)(C)C. The van der Waals surface area contributed by atoms with Gasteiger partial charge in [-0.15, -0.1) is 0 Å². The van der Waals surface area contributed by atoms with Crippen LogP contribution in [0.1, 0.15) is 120 Å². The summed E-state index contributed by atoms with van der Waals surface area (Å²) in [4.78, 5) is 104. The predicted molar refractivity (Wildman–Crippen MR) is 295 cm³/mol. The van der Waals surface area contributed by atoms with Gasteiger partial charge in [-0.2, -0.15) is 0 Å². The summed E-state index contributed by atoms with van der Waals surface area (Å²) in [6, 6.07) is 21.8. The molecule has 4 aromatic rings. The fraction of sp³-hybridized carbons (Fsp3) is 0.483. The number of carbonyl (C=O) groups excluding carboxylic acids is 7.